The summed E-state index contributed by atoms with van der Waals surface area (Å²) in [6, 6.07) is 9.32. The van der Waals surface area contributed by atoms with Crippen LogP contribution in [0.4, 0.5) is 5.69 Å². The van der Waals surface area contributed by atoms with Gasteiger partial charge in [-0.25, -0.2) is 8.42 Å². The Bertz CT molecular complexity index is 1000. The minimum atomic E-state index is -3.88. The molecule has 0 saturated heterocycles. The highest BCUT2D eigenvalue weighted by atomic mass is 35.5. The molecule has 0 atom stereocenters. The van der Waals surface area contributed by atoms with Crippen molar-refractivity contribution in [3.63, 3.8) is 0 Å². The normalized spacial score (nSPS) is 15.0. The summed E-state index contributed by atoms with van der Waals surface area (Å²) >= 11 is 6.07. The summed E-state index contributed by atoms with van der Waals surface area (Å²) in [6.45, 7) is 1.79. The van der Waals surface area contributed by atoms with Gasteiger partial charge in [0.2, 0.25) is 0 Å². The summed E-state index contributed by atoms with van der Waals surface area (Å²) in [4.78, 5) is 12.7. The largest absolute Gasteiger partial charge is 0.495 e. The number of sulfonamides is 1. The predicted octanol–water partition coefficient (Wildman–Crippen LogP) is 4.52. The zero-order valence-corrected chi connectivity index (χ0v) is 18.1. The first-order chi connectivity index (χ1) is 13.8. The van der Waals surface area contributed by atoms with Crippen LogP contribution in [0.25, 0.3) is 0 Å². The van der Waals surface area contributed by atoms with E-state index in [-0.39, 0.29) is 16.8 Å². The lowest BCUT2D eigenvalue weighted by atomic mass is 9.95. The van der Waals surface area contributed by atoms with Gasteiger partial charge in [0.15, 0.2) is 0 Å². The van der Waals surface area contributed by atoms with Gasteiger partial charge in [0.1, 0.15) is 5.75 Å². The Hall–Kier alpha value is -2.25. The molecule has 0 spiro atoms. The Morgan fingerprint density at radius 1 is 1.10 bits per heavy atom. The SMILES string of the molecule is COc1ccc(NS(=O)(=O)c2ccc(C)c(C(=O)NC3CCCCC3)c2)cc1Cl. The van der Waals surface area contributed by atoms with E-state index in [0.29, 0.717) is 22.0 Å². The van der Waals surface area contributed by atoms with E-state index in [1.54, 1.807) is 25.1 Å². The molecular weight excluding hydrogens is 412 g/mol. The fraction of sp³-hybridized carbons (Fsp3) is 0.381. The number of anilines is 1. The monoisotopic (exact) mass is 436 g/mol. The van der Waals surface area contributed by atoms with Crippen LogP contribution in [0, 0.1) is 6.92 Å². The lowest BCUT2D eigenvalue weighted by Gasteiger charge is -2.23. The second kappa shape index (κ2) is 9.05. The molecule has 0 aromatic heterocycles. The summed E-state index contributed by atoms with van der Waals surface area (Å²) in [5, 5.41) is 3.33. The molecule has 6 nitrogen and oxygen atoms in total. The summed E-state index contributed by atoms with van der Waals surface area (Å²) in [5.41, 5.74) is 1.40. The van der Waals surface area contributed by atoms with Crippen LogP contribution in [-0.2, 0) is 10.0 Å². The zero-order valence-electron chi connectivity index (χ0n) is 16.5. The van der Waals surface area contributed by atoms with Gasteiger partial charge < -0.3 is 10.1 Å². The maximum Gasteiger partial charge on any atom is 0.261 e. The van der Waals surface area contributed by atoms with Crippen LogP contribution in [0.1, 0.15) is 48.0 Å². The average Bonchev–Trinajstić information content (AvgIpc) is 2.68. The molecule has 1 amide bonds. The molecule has 0 unspecified atom stereocenters. The lowest BCUT2D eigenvalue weighted by Crippen LogP contribution is -2.36. The number of hydrogen-bond donors (Lipinski definition) is 2. The Labute approximate surface area is 176 Å². The maximum atomic E-state index is 12.8. The molecule has 3 rings (SSSR count). The van der Waals surface area contributed by atoms with Gasteiger partial charge in [-0.3, -0.25) is 9.52 Å². The maximum absolute atomic E-state index is 12.8. The van der Waals surface area contributed by atoms with Gasteiger partial charge >= 0.3 is 0 Å². The van der Waals surface area contributed by atoms with E-state index in [9.17, 15) is 13.2 Å². The van der Waals surface area contributed by atoms with E-state index in [1.807, 2.05) is 0 Å². The highest BCUT2D eigenvalue weighted by Gasteiger charge is 2.21. The van der Waals surface area contributed by atoms with E-state index in [1.165, 1.54) is 31.7 Å². The number of amides is 1. The summed E-state index contributed by atoms with van der Waals surface area (Å²) < 4.78 is 33.2. The summed E-state index contributed by atoms with van der Waals surface area (Å²) in [6.07, 6.45) is 5.32. The van der Waals surface area contributed by atoms with Gasteiger partial charge in [-0.1, -0.05) is 36.9 Å². The quantitative estimate of drug-likeness (QED) is 0.697. The van der Waals surface area contributed by atoms with Crippen molar-refractivity contribution in [2.45, 2.75) is 50.0 Å². The molecule has 2 aromatic rings. The fourth-order valence-electron chi connectivity index (χ4n) is 3.47. The highest BCUT2D eigenvalue weighted by Crippen LogP contribution is 2.29. The number of rotatable bonds is 6. The van der Waals surface area contributed by atoms with Crippen LogP contribution in [-0.4, -0.2) is 27.5 Å². The number of nitrogens with one attached hydrogen (secondary N) is 2. The van der Waals surface area contributed by atoms with Crippen molar-refractivity contribution in [3.8, 4) is 5.75 Å². The van der Waals surface area contributed by atoms with Crippen molar-refractivity contribution < 1.29 is 17.9 Å². The molecule has 1 fully saturated rings. The first-order valence-electron chi connectivity index (χ1n) is 9.58. The highest BCUT2D eigenvalue weighted by molar-refractivity contribution is 7.92. The third kappa shape index (κ3) is 5.22. The smallest absolute Gasteiger partial charge is 0.261 e. The Balaban J connectivity index is 1.81. The van der Waals surface area contributed by atoms with Gasteiger partial charge in [0, 0.05) is 11.6 Å². The van der Waals surface area contributed by atoms with Crippen molar-refractivity contribution in [1.29, 1.82) is 0 Å². The van der Waals surface area contributed by atoms with E-state index in [0.717, 1.165) is 31.2 Å². The molecule has 29 heavy (non-hydrogen) atoms. The van der Waals surface area contributed by atoms with Crippen molar-refractivity contribution >= 4 is 33.2 Å². The number of aryl methyl sites for hydroxylation is 1. The molecule has 0 radical (unpaired) electrons. The van der Waals surface area contributed by atoms with Crippen LogP contribution in [0.2, 0.25) is 5.02 Å². The molecular formula is C21H25ClN2O4S. The third-order valence-corrected chi connectivity index (χ3v) is 6.78. The van der Waals surface area contributed by atoms with Crippen LogP contribution in [0.5, 0.6) is 5.75 Å². The standard InChI is InChI=1S/C21H25ClN2O4S/c1-14-8-10-17(13-18(14)21(25)23-15-6-4-3-5-7-15)29(26,27)24-16-9-11-20(28-2)19(22)12-16/h8-13,15,24H,3-7H2,1-2H3,(H,23,25). The van der Waals surface area contributed by atoms with Crippen LogP contribution >= 0.6 is 11.6 Å². The molecule has 0 aliphatic heterocycles. The van der Waals surface area contributed by atoms with Gasteiger partial charge in [-0.05, 0) is 55.7 Å². The number of ether oxygens (including phenoxy) is 1. The van der Waals surface area contributed by atoms with Crippen molar-refractivity contribution in [1.82, 2.24) is 5.32 Å². The van der Waals surface area contributed by atoms with Gasteiger partial charge in [0.05, 0.1) is 22.7 Å². The molecule has 0 bridgehead atoms. The fourth-order valence-corrected chi connectivity index (χ4v) is 4.80. The van der Waals surface area contributed by atoms with E-state index >= 15 is 0 Å². The van der Waals surface area contributed by atoms with E-state index in [4.69, 9.17) is 16.3 Å². The van der Waals surface area contributed by atoms with E-state index < -0.39 is 10.0 Å². The molecule has 8 heteroatoms. The number of carbonyl (C=O) groups excluding carboxylic acids is 1. The zero-order chi connectivity index (χ0) is 21.0. The van der Waals surface area contributed by atoms with Crippen molar-refractivity contribution in [2.75, 3.05) is 11.8 Å². The first kappa shape index (κ1) is 21.5. The van der Waals surface area contributed by atoms with Crippen molar-refractivity contribution in [3.05, 3.63) is 52.5 Å². The summed E-state index contributed by atoms with van der Waals surface area (Å²) in [7, 11) is -2.40. The number of benzene rings is 2. The minimum absolute atomic E-state index is 0.0174. The molecule has 1 saturated carbocycles. The second-order valence-electron chi connectivity index (χ2n) is 7.24. The molecule has 1 aliphatic rings. The van der Waals surface area contributed by atoms with Crippen molar-refractivity contribution in [2.24, 2.45) is 0 Å². The lowest BCUT2D eigenvalue weighted by molar-refractivity contribution is 0.0927. The minimum Gasteiger partial charge on any atom is -0.495 e. The third-order valence-electron chi connectivity index (χ3n) is 5.11. The number of methoxy groups -OCH3 is 1. The first-order valence-corrected chi connectivity index (χ1v) is 11.4. The van der Waals surface area contributed by atoms with Gasteiger partial charge in [-0.15, -0.1) is 0 Å². The number of halogens is 1. The topological polar surface area (TPSA) is 84.5 Å². The van der Waals surface area contributed by atoms with Crippen LogP contribution in [0.3, 0.4) is 0 Å². The number of hydrogen-bond acceptors (Lipinski definition) is 4. The molecule has 2 aromatic carbocycles. The van der Waals surface area contributed by atoms with Gasteiger partial charge in [0.25, 0.3) is 15.9 Å². The Morgan fingerprint density at radius 2 is 1.83 bits per heavy atom. The van der Waals surface area contributed by atoms with Crippen LogP contribution < -0.4 is 14.8 Å². The Kier molecular flexibility index (Phi) is 6.70. The van der Waals surface area contributed by atoms with Gasteiger partial charge in [-0.2, -0.15) is 0 Å². The number of carbonyl (C=O) groups is 1. The molecule has 156 valence electrons. The van der Waals surface area contributed by atoms with Crippen LogP contribution in [0.15, 0.2) is 41.3 Å². The molecule has 0 heterocycles. The second-order valence-corrected chi connectivity index (χ2v) is 9.33. The summed E-state index contributed by atoms with van der Waals surface area (Å²) in [5.74, 6) is 0.213. The molecule has 1 aliphatic carbocycles. The molecule has 2 N–H and O–H groups in total. The van der Waals surface area contributed by atoms with E-state index in [2.05, 4.69) is 10.0 Å². The Morgan fingerprint density at radius 3 is 2.48 bits per heavy atom. The predicted molar refractivity (Wildman–Crippen MR) is 114 cm³/mol. The average molecular weight is 437 g/mol.